The van der Waals surface area contributed by atoms with Gasteiger partial charge in [-0.1, -0.05) is 6.08 Å². The zero-order valence-electron chi connectivity index (χ0n) is 18.7. The summed E-state index contributed by atoms with van der Waals surface area (Å²) in [5, 5.41) is 0. The smallest absolute Gasteiger partial charge is 0.236 e. The van der Waals surface area contributed by atoms with Crippen LogP contribution in [0.15, 0.2) is 49.1 Å². The van der Waals surface area contributed by atoms with E-state index in [1.165, 1.54) is 14.2 Å². The molecule has 8 nitrogen and oxygen atoms in total. The predicted octanol–water partition coefficient (Wildman–Crippen LogP) is 3.58. The van der Waals surface area contributed by atoms with Crippen LogP contribution < -0.4 is 23.8 Å². The largest absolute Gasteiger partial charge is 0.497 e. The van der Waals surface area contributed by atoms with Crippen LogP contribution in [0.3, 0.4) is 0 Å². The van der Waals surface area contributed by atoms with Crippen molar-refractivity contribution in [3.63, 3.8) is 0 Å². The second-order valence-electron chi connectivity index (χ2n) is 8.14. The Kier molecular flexibility index (Phi) is 6.68. The Morgan fingerprint density at radius 1 is 1.16 bits per heavy atom. The van der Waals surface area contributed by atoms with Gasteiger partial charge in [-0.15, -0.1) is 6.58 Å². The van der Waals surface area contributed by atoms with Gasteiger partial charge in [0, 0.05) is 18.7 Å². The molecule has 2 aromatic rings. The highest BCUT2D eigenvalue weighted by Crippen LogP contribution is 2.38. The van der Waals surface area contributed by atoms with E-state index < -0.39 is 15.4 Å². The van der Waals surface area contributed by atoms with E-state index in [9.17, 15) is 13.2 Å². The average molecular weight is 461 g/mol. The van der Waals surface area contributed by atoms with E-state index >= 15 is 0 Å². The quantitative estimate of drug-likeness (QED) is 0.605. The van der Waals surface area contributed by atoms with Crippen LogP contribution in [-0.2, 0) is 20.6 Å². The monoisotopic (exact) mass is 460 g/mol. The number of benzene rings is 2. The number of rotatable bonds is 8. The van der Waals surface area contributed by atoms with E-state index in [0.29, 0.717) is 40.7 Å². The van der Waals surface area contributed by atoms with E-state index in [1.54, 1.807) is 47.4 Å². The van der Waals surface area contributed by atoms with Gasteiger partial charge in [-0.05, 0) is 43.7 Å². The maximum Gasteiger partial charge on any atom is 0.236 e. The molecule has 2 aromatic carbocycles. The maximum absolute atomic E-state index is 12.9. The van der Waals surface area contributed by atoms with Gasteiger partial charge in [0.2, 0.25) is 15.9 Å². The molecule has 1 aliphatic heterocycles. The molecule has 0 radical (unpaired) electrons. The first-order chi connectivity index (χ1) is 15.1. The van der Waals surface area contributed by atoms with Gasteiger partial charge in [0.05, 0.1) is 36.8 Å². The van der Waals surface area contributed by atoms with Crippen LogP contribution in [0.2, 0.25) is 0 Å². The van der Waals surface area contributed by atoms with Gasteiger partial charge in [0.1, 0.15) is 23.9 Å². The average Bonchev–Trinajstić information content (AvgIpc) is 2.83. The van der Waals surface area contributed by atoms with E-state index in [1.807, 2.05) is 13.8 Å². The van der Waals surface area contributed by atoms with Crippen LogP contribution in [0.5, 0.6) is 17.2 Å². The fourth-order valence-corrected chi connectivity index (χ4v) is 4.57. The number of hydrogen-bond acceptors (Lipinski definition) is 6. The summed E-state index contributed by atoms with van der Waals surface area (Å²) in [6.45, 7) is 7.84. The molecule has 0 spiro atoms. The molecule has 0 saturated carbocycles. The minimum atomic E-state index is -3.74. The van der Waals surface area contributed by atoms with E-state index in [-0.39, 0.29) is 18.3 Å². The minimum absolute atomic E-state index is 0.0866. The highest BCUT2D eigenvalue weighted by Gasteiger charge is 2.37. The van der Waals surface area contributed by atoms with Crippen LogP contribution in [-0.4, -0.2) is 41.7 Å². The number of carbonyl (C=O) groups excluding carboxylic acids is 1. The number of anilines is 2. The van der Waals surface area contributed by atoms with Crippen molar-refractivity contribution in [1.82, 2.24) is 0 Å². The summed E-state index contributed by atoms with van der Waals surface area (Å²) < 4.78 is 44.5. The Morgan fingerprint density at radius 2 is 1.81 bits per heavy atom. The summed E-state index contributed by atoms with van der Waals surface area (Å²) in [5.41, 5.74) is 0.696. The second-order valence-corrected chi connectivity index (χ2v) is 9.86. The maximum atomic E-state index is 12.9. The summed E-state index contributed by atoms with van der Waals surface area (Å²) in [4.78, 5) is 14.5. The number of nitrogens with zero attached hydrogens (tertiary/aromatic N) is 1. The Morgan fingerprint density at radius 3 is 2.41 bits per heavy atom. The van der Waals surface area contributed by atoms with Gasteiger partial charge in [-0.3, -0.25) is 9.52 Å². The number of fused-ring (bicyclic) bond motifs is 1. The molecule has 0 saturated heterocycles. The Bertz CT molecular complexity index is 1110. The van der Waals surface area contributed by atoms with Gasteiger partial charge >= 0.3 is 0 Å². The molecule has 1 N–H and O–H groups in total. The topological polar surface area (TPSA) is 94.2 Å². The van der Waals surface area contributed by atoms with Gasteiger partial charge < -0.3 is 19.1 Å². The highest BCUT2D eigenvalue weighted by molar-refractivity contribution is 7.91. The van der Waals surface area contributed by atoms with Gasteiger partial charge in [0.15, 0.2) is 0 Å². The molecule has 172 valence electrons. The summed E-state index contributed by atoms with van der Waals surface area (Å²) >= 11 is 0. The number of amides is 1. The number of sulfonamides is 1. The van der Waals surface area contributed by atoms with Crippen LogP contribution in [0.4, 0.5) is 11.4 Å². The summed E-state index contributed by atoms with van der Waals surface area (Å²) in [5.74, 6) is 1.07. The molecule has 1 heterocycles. The molecule has 3 rings (SSSR count). The van der Waals surface area contributed by atoms with Crippen molar-refractivity contribution in [1.29, 1.82) is 0 Å². The van der Waals surface area contributed by atoms with Gasteiger partial charge in [-0.2, -0.15) is 0 Å². The van der Waals surface area contributed by atoms with Crippen LogP contribution >= 0.6 is 0 Å². The van der Waals surface area contributed by atoms with E-state index in [2.05, 4.69) is 11.3 Å². The molecule has 0 atom stereocenters. The molecular formula is C23H28N2O6S. The van der Waals surface area contributed by atoms with Gasteiger partial charge in [0.25, 0.3) is 0 Å². The molecule has 9 heteroatoms. The molecule has 1 aliphatic rings. The fourth-order valence-electron chi connectivity index (χ4n) is 3.41. The number of nitrogens with one attached hydrogen (secondary N) is 1. The Balaban J connectivity index is 1.87. The lowest BCUT2D eigenvalue weighted by Gasteiger charge is -2.27. The van der Waals surface area contributed by atoms with Crippen molar-refractivity contribution in [2.75, 3.05) is 37.0 Å². The number of hydrogen-bond donors (Lipinski definition) is 1. The first-order valence-electron chi connectivity index (χ1n) is 10.0. The van der Waals surface area contributed by atoms with Crippen molar-refractivity contribution < 1.29 is 27.4 Å². The standard InChI is InChI=1S/C23H28N2O6S/c1-6-9-25-20-8-7-17(12-21(20)31-15-23(2,3)22(25)26)24-32(27,28)14-16-10-18(29-4)13-19(11-16)30-5/h6-8,10-13,24H,1,9,14-15H2,2-5H3. The lowest BCUT2D eigenvalue weighted by atomic mass is 9.93. The third kappa shape index (κ3) is 5.16. The molecule has 0 bridgehead atoms. The summed E-state index contributed by atoms with van der Waals surface area (Å²) in [6, 6.07) is 9.82. The molecule has 0 fully saturated rings. The van der Waals surface area contributed by atoms with Crippen LogP contribution in [0, 0.1) is 5.41 Å². The Hall–Kier alpha value is -3.20. The molecule has 0 aromatic heterocycles. The molecular weight excluding hydrogens is 432 g/mol. The number of ether oxygens (including phenoxy) is 3. The summed E-state index contributed by atoms with van der Waals surface area (Å²) in [7, 11) is -0.739. The zero-order chi connectivity index (χ0) is 23.5. The van der Waals surface area contributed by atoms with Crippen molar-refractivity contribution in [2.24, 2.45) is 5.41 Å². The number of methoxy groups -OCH3 is 2. The lowest BCUT2D eigenvalue weighted by molar-refractivity contribution is -0.127. The molecule has 0 unspecified atom stereocenters. The molecule has 0 aliphatic carbocycles. The first-order valence-corrected chi connectivity index (χ1v) is 11.7. The zero-order valence-corrected chi connectivity index (χ0v) is 19.5. The normalized spacial score (nSPS) is 15.2. The first kappa shape index (κ1) is 23.5. The van der Waals surface area contributed by atoms with Crippen molar-refractivity contribution in [2.45, 2.75) is 19.6 Å². The number of carbonyl (C=O) groups is 1. The minimum Gasteiger partial charge on any atom is -0.497 e. The Labute approximate surface area is 188 Å². The van der Waals surface area contributed by atoms with E-state index in [4.69, 9.17) is 14.2 Å². The van der Waals surface area contributed by atoms with Crippen molar-refractivity contribution >= 4 is 27.3 Å². The van der Waals surface area contributed by atoms with Crippen molar-refractivity contribution in [3.05, 3.63) is 54.6 Å². The third-order valence-corrected chi connectivity index (χ3v) is 6.28. The molecule has 32 heavy (non-hydrogen) atoms. The van der Waals surface area contributed by atoms with Crippen LogP contribution in [0.1, 0.15) is 19.4 Å². The highest BCUT2D eigenvalue weighted by atomic mass is 32.2. The van der Waals surface area contributed by atoms with E-state index in [0.717, 1.165) is 0 Å². The third-order valence-electron chi connectivity index (χ3n) is 5.02. The van der Waals surface area contributed by atoms with Crippen molar-refractivity contribution in [3.8, 4) is 17.2 Å². The molecule has 1 amide bonds. The predicted molar refractivity (Wildman–Crippen MR) is 124 cm³/mol. The lowest BCUT2D eigenvalue weighted by Crippen LogP contribution is -2.42. The SMILES string of the molecule is C=CCN1C(=O)C(C)(C)COc2cc(NS(=O)(=O)Cc3cc(OC)cc(OC)c3)ccc21. The van der Waals surface area contributed by atoms with Gasteiger partial charge in [-0.25, -0.2) is 8.42 Å². The second kappa shape index (κ2) is 9.12. The van der Waals surface area contributed by atoms with Crippen LogP contribution in [0.25, 0.3) is 0 Å². The summed E-state index contributed by atoms with van der Waals surface area (Å²) in [6.07, 6.45) is 1.64. The fraction of sp³-hybridized carbons (Fsp3) is 0.348.